The third-order valence-corrected chi connectivity index (χ3v) is 4.50. The summed E-state index contributed by atoms with van der Waals surface area (Å²) < 4.78 is 5.40. The predicted molar refractivity (Wildman–Crippen MR) is 116 cm³/mol. The van der Waals surface area contributed by atoms with E-state index in [1.165, 1.54) is 24.4 Å². The Morgan fingerprint density at radius 3 is 2.45 bits per heavy atom. The van der Waals surface area contributed by atoms with Crippen LogP contribution in [0.5, 0.6) is 11.5 Å². The summed E-state index contributed by atoms with van der Waals surface area (Å²) in [4.78, 5) is 12.1. The molecule has 0 radical (unpaired) electrons. The van der Waals surface area contributed by atoms with Crippen LogP contribution >= 0.6 is 23.2 Å². The van der Waals surface area contributed by atoms with E-state index >= 15 is 0 Å². The molecule has 8 heteroatoms. The number of amides is 1. The lowest BCUT2D eigenvalue weighted by Gasteiger charge is -2.10. The molecule has 3 aromatic carbocycles. The van der Waals surface area contributed by atoms with Gasteiger partial charge in [-0.05, 0) is 54.6 Å². The van der Waals surface area contributed by atoms with Gasteiger partial charge in [-0.2, -0.15) is 5.10 Å². The lowest BCUT2D eigenvalue weighted by Crippen LogP contribution is -2.17. The van der Waals surface area contributed by atoms with Crippen LogP contribution in [0.15, 0.2) is 65.8 Å². The highest BCUT2D eigenvalue weighted by atomic mass is 35.5. The summed E-state index contributed by atoms with van der Waals surface area (Å²) in [5.74, 6) is 0.0292. The number of ether oxygens (including phenoxy) is 1. The Kier molecular flexibility index (Phi) is 6.59. The number of rotatable bonds is 6. The Hall–Kier alpha value is -3.22. The Morgan fingerprint density at radius 1 is 1.03 bits per heavy atom. The van der Waals surface area contributed by atoms with Crippen LogP contribution < -0.4 is 15.5 Å². The number of carbonyl (C=O) groups is 1. The highest BCUT2D eigenvalue weighted by Gasteiger charge is 2.08. The first kappa shape index (κ1) is 20.5. The van der Waals surface area contributed by atoms with E-state index in [1.807, 2.05) is 30.3 Å². The summed E-state index contributed by atoms with van der Waals surface area (Å²) in [5, 5.41) is 17.4. The zero-order valence-electron chi connectivity index (χ0n) is 15.3. The highest BCUT2D eigenvalue weighted by Crippen LogP contribution is 2.26. The number of carbonyl (C=O) groups excluding carboxylic acids is 1. The predicted octanol–water partition coefficient (Wildman–Crippen LogP) is 5.22. The minimum Gasteiger partial charge on any atom is -0.506 e. The average molecular weight is 430 g/mol. The van der Waals surface area contributed by atoms with Crippen molar-refractivity contribution in [3.05, 3.63) is 81.8 Å². The van der Waals surface area contributed by atoms with Crippen LogP contribution in [0.2, 0.25) is 10.0 Å². The minimum absolute atomic E-state index is 0.0899. The van der Waals surface area contributed by atoms with Crippen LogP contribution in [0.25, 0.3) is 0 Å². The average Bonchev–Trinajstić information content (AvgIpc) is 2.72. The molecular formula is C21H17Cl2N3O3. The van der Waals surface area contributed by atoms with E-state index in [2.05, 4.69) is 15.8 Å². The fourth-order valence-corrected chi connectivity index (χ4v) is 2.78. The molecule has 3 rings (SSSR count). The van der Waals surface area contributed by atoms with E-state index in [0.29, 0.717) is 16.3 Å². The third-order valence-electron chi connectivity index (χ3n) is 3.95. The van der Waals surface area contributed by atoms with Crippen LogP contribution in [-0.4, -0.2) is 24.3 Å². The van der Waals surface area contributed by atoms with Gasteiger partial charge < -0.3 is 15.2 Å². The number of anilines is 2. The molecule has 0 atom stereocenters. The topological polar surface area (TPSA) is 83.0 Å². The normalized spacial score (nSPS) is 10.7. The molecule has 0 spiro atoms. The van der Waals surface area contributed by atoms with E-state index < -0.39 is 5.91 Å². The molecule has 0 fully saturated rings. The summed E-state index contributed by atoms with van der Waals surface area (Å²) in [7, 11) is 1.55. The highest BCUT2D eigenvalue weighted by molar-refractivity contribution is 6.32. The molecule has 6 nitrogen and oxygen atoms in total. The summed E-state index contributed by atoms with van der Waals surface area (Å²) in [6, 6.07) is 17.0. The zero-order chi connectivity index (χ0) is 20.8. The maximum absolute atomic E-state index is 12.1. The van der Waals surface area contributed by atoms with Crippen molar-refractivity contribution in [3.63, 3.8) is 0 Å². The number of nitrogens with zero attached hydrogens (tertiary/aromatic N) is 1. The van der Waals surface area contributed by atoms with E-state index in [4.69, 9.17) is 27.9 Å². The van der Waals surface area contributed by atoms with Crippen LogP contribution in [0.1, 0.15) is 15.9 Å². The molecule has 0 aromatic heterocycles. The van der Waals surface area contributed by atoms with Crippen molar-refractivity contribution in [1.82, 2.24) is 5.43 Å². The van der Waals surface area contributed by atoms with Crippen molar-refractivity contribution in [1.29, 1.82) is 0 Å². The van der Waals surface area contributed by atoms with Gasteiger partial charge in [0.1, 0.15) is 11.5 Å². The first-order valence-corrected chi connectivity index (χ1v) is 9.24. The van der Waals surface area contributed by atoms with E-state index in [1.54, 1.807) is 19.2 Å². The Morgan fingerprint density at radius 2 is 1.76 bits per heavy atom. The van der Waals surface area contributed by atoms with Crippen LogP contribution in [0.4, 0.5) is 11.4 Å². The first-order chi connectivity index (χ1) is 14.0. The first-order valence-electron chi connectivity index (χ1n) is 8.49. The second kappa shape index (κ2) is 9.32. The van der Waals surface area contributed by atoms with E-state index in [9.17, 15) is 9.90 Å². The Balaban J connectivity index is 1.68. The van der Waals surface area contributed by atoms with Gasteiger partial charge in [0.05, 0.1) is 18.3 Å². The number of methoxy groups -OCH3 is 1. The van der Waals surface area contributed by atoms with Gasteiger partial charge in [0.2, 0.25) is 0 Å². The molecule has 148 valence electrons. The fourth-order valence-electron chi connectivity index (χ4n) is 2.47. The quantitative estimate of drug-likeness (QED) is 0.370. The van der Waals surface area contributed by atoms with E-state index in [0.717, 1.165) is 11.4 Å². The SMILES string of the molecule is COc1cc(Nc2ccc(Cl)cc2)ccc1/C=N/NC(=O)c1ccc(O)c(Cl)c1. The van der Waals surface area contributed by atoms with Gasteiger partial charge in [-0.15, -0.1) is 0 Å². The molecule has 29 heavy (non-hydrogen) atoms. The summed E-state index contributed by atoms with van der Waals surface area (Å²) in [5.41, 5.74) is 5.08. The van der Waals surface area contributed by atoms with Crippen molar-refractivity contribution in [3.8, 4) is 11.5 Å². The van der Waals surface area contributed by atoms with Crippen molar-refractivity contribution >= 4 is 46.7 Å². The number of phenolic OH excluding ortho intramolecular Hbond substituents is 1. The molecule has 0 aliphatic carbocycles. The minimum atomic E-state index is -0.455. The number of aromatic hydroxyl groups is 1. The van der Waals surface area contributed by atoms with E-state index in [-0.39, 0.29) is 16.3 Å². The number of benzene rings is 3. The third kappa shape index (κ3) is 5.40. The van der Waals surface area contributed by atoms with Gasteiger partial charge in [-0.1, -0.05) is 23.2 Å². The number of halogens is 2. The molecule has 0 heterocycles. The van der Waals surface area contributed by atoms with Crippen molar-refractivity contribution in [2.24, 2.45) is 5.10 Å². The van der Waals surface area contributed by atoms with Crippen molar-refractivity contribution in [2.45, 2.75) is 0 Å². The summed E-state index contributed by atoms with van der Waals surface area (Å²) in [6.45, 7) is 0. The summed E-state index contributed by atoms with van der Waals surface area (Å²) >= 11 is 11.7. The number of nitrogens with one attached hydrogen (secondary N) is 2. The molecule has 3 N–H and O–H groups in total. The van der Waals surface area contributed by atoms with Gasteiger partial charge in [0.15, 0.2) is 0 Å². The second-order valence-corrected chi connectivity index (χ2v) is 6.80. The number of hydrogen-bond donors (Lipinski definition) is 3. The lowest BCUT2D eigenvalue weighted by atomic mass is 10.2. The van der Waals surface area contributed by atoms with Crippen molar-refractivity contribution in [2.75, 3.05) is 12.4 Å². The number of hydrazone groups is 1. The van der Waals surface area contributed by atoms with Gasteiger partial charge in [0, 0.05) is 33.6 Å². The van der Waals surface area contributed by atoms with Gasteiger partial charge in [0.25, 0.3) is 5.91 Å². The lowest BCUT2D eigenvalue weighted by molar-refractivity contribution is 0.0955. The van der Waals surface area contributed by atoms with Gasteiger partial charge >= 0.3 is 0 Å². The molecule has 0 unspecified atom stereocenters. The number of hydrogen-bond acceptors (Lipinski definition) is 5. The molecule has 0 bridgehead atoms. The smallest absolute Gasteiger partial charge is 0.271 e. The second-order valence-electron chi connectivity index (χ2n) is 5.95. The van der Waals surface area contributed by atoms with Crippen LogP contribution in [0.3, 0.4) is 0 Å². The molecule has 0 saturated heterocycles. The summed E-state index contributed by atoms with van der Waals surface area (Å²) in [6.07, 6.45) is 1.48. The maximum atomic E-state index is 12.1. The molecule has 1 amide bonds. The fraction of sp³-hybridized carbons (Fsp3) is 0.0476. The van der Waals surface area contributed by atoms with Gasteiger partial charge in [-0.25, -0.2) is 5.43 Å². The molecule has 0 aliphatic rings. The Labute approximate surface area is 177 Å². The standard InChI is InChI=1S/C21H17Cl2N3O3/c1-29-20-11-17(25-16-7-4-15(22)5-8-16)6-2-14(20)12-24-26-21(28)13-3-9-19(27)18(23)10-13/h2-12,25,27H,1H3,(H,26,28)/b24-12+. The van der Waals surface area contributed by atoms with Crippen LogP contribution in [0, 0.1) is 0 Å². The largest absolute Gasteiger partial charge is 0.506 e. The van der Waals surface area contributed by atoms with Gasteiger partial charge in [-0.3, -0.25) is 4.79 Å². The van der Waals surface area contributed by atoms with Crippen molar-refractivity contribution < 1.29 is 14.6 Å². The molecular weight excluding hydrogens is 413 g/mol. The molecule has 0 aliphatic heterocycles. The zero-order valence-corrected chi connectivity index (χ0v) is 16.8. The molecule has 0 saturated carbocycles. The Bertz CT molecular complexity index is 1050. The monoisotopic (exact) mass is 429 g/mol. The maximum Gasteiger partial charge on any atom is 0.271 e. The number of phenols is 1. The van der Waals surface area contributed by atoms with Crippen LogP contribution in [-0.2, 0) is 0 Å². The molecule has 3 aromatic rings.